The number of nitrogens with zero attached hydrogens (tertiary/aromatic N) is 2. The number of hydrogen-bond acceptors (Lipinski definition) is 4. The van der Waals surface area contributed by atoms with Gasteiger partial charge < -0.3 is 0 Å². The van der Waals surface area contributed by atoms with E-state index in [1.165, 1.54) is 11.0 Å². The fraction of sp³-hybridized carbons (Fsp3) is 0.227. The molecular weight excluding hydrogens is 376 g/mol. The Morgan fingerprint density at radius 2 is 1.64 bits per heavy atom. The molecule has 2 fully saturated rings. The minimum absolute atomic E-state index is 0.123. The Balaban J connectivity index is 1.52. The molecule has 140 valence electrons. The molecule has 3 aliphatic rings. The quantitative estimate of drug-likeness (QED) is 0.754. The van der Waals surface area contributed by atoms with Crippen molar-refractivity contribution in [3.63, 3.8) is 0 Å². The molecule has 4 atom stereocenters. The van der Waals surface area contributed by atoms with E-state index in [4.69, 9.17) is 11.6 Å². The van der Waals surface area contributed by atoms with Gasteiger partial charge in [-0.25, -0.2) is 4.90 Å². The zero-order valence-corrected chi connectivity index (χ0v) is 15.6. The summed E-state index contributed by atoms with van der Waals surface area (Å²) in [5.74, 6) is -1.84. The summed E-state index contributed by atoms with van der Waals surface area (Å²) < 4.78 is 0. The van der Waals surface area contributed by atoms with Crippen molar-refractivity contribution in [2.75, 3.05) is 4.90 Å². The number of imide groups is 1. The van der Waals surface area contributed by atoms with Crippen LogP contribution in [0.5, 0.6) is 0 Å². The van der Waals surface area contributed by atoms with E-state index in [0.717, 1.165) is 5.56 Å². The maximum atomic E-state index is 13.2. The van der Waals surface area contributed by atoms with Crippen LogP contribution in [0.3, 0.4) is 0 Å². The molecule has 5 nitrogen and oxygen atoms in total. The van der Waals surface area contributed by atoms with Crippen molar-refractivity contribution < 1.29 is 14.4 Å². The fourth-order valence-corrected chi connectivity index (χ4v) is 4.96. The van der Waals surface area contributed by atoms with E-state index in [2.05, 4.69) is 0 Å². The van der Waals surface area contributed by atoms with Gasteiger partial charge in [0.1, 0.15) is 0 Å². The van der Waals surface area contributed by atoms with Gasteiger partial charge in [-0.05, 0) is 35.9 Å². The first kappa shape index (κ1) is 17.3. The molecule has 28 heavy (non-hydrogen) atoms. The number of para-hydroxylation sites is 1. The number of benzene rings is 2. The Labute approximate surface area is 167 Å². The van der Waals surface area contributed by atoms with Gasteiger partial charge in [0, 0.05) is 17.6 Å². The number of halogens is 1. The van der Waals surface area contributed by atoms with Crippen molar-refractivity contribution in [2.24, 2.45) is 11.8 Å². The normalized spacial score (nSPS) is 28.9. The second-order valence-electron chi connectivity index (χ2n) is 7.40. The summed E-state index contributed by atoms with van der Waals surface area (Å²) in [4.78, 5) is 42.4. The molecule has 0 aliphatic carbocycles. The minimum atomic E-state index is -0.653. The summed E-state index contributed by atoms with van der Waals surface area (Å²) in [5.41, 5.74) is 1.51. The molecule has 0 spiro atoms. The first-order chi connectivity index (χ1) is 13.6. The van der Waals surface area contributed by atoms with E-state index in [9.17, 15) is 14.4 Å². The molecule has 3 heterocycles. The van der Waals surface area contributed by atoms with Crippen LogP contribution in [0.1, 0.15) is 5.56 Å². The van der Waals surface area contributed by atoms with Crippen LogP contribution in [-0.4, -0.2) is 34.6 Å². The van der Waals surface area contributed by atoms with E-state index in [1.54, 1.807) is 36.4 Å². The van der Waals surface area contributed by atoms with E-state index >= 15 is 0 Å². The second-order valence-corrected chi connectivity index (χ2v) is 7.83. The maximum Gasteiger partial charge on any atom is 0.239 e. The standard InChI is InChI=1S/C22H17ClN2O3/c23-14-6-4-5-13(11-14)12-24-16-9-10-17(26)20(24)19-18(16)21(27)25(22(19)28)15-7-2-1-3-8-15/h1-11,16,18-20H,12H2/t16-,18-,19-,20+/m0/s1. The first-order valence-electron chi connectivity index (χ1n) is 9.21. The third-order valence-electron chi connectivity index (χ3n) is 5.86. The maximum absolute atomic E-state index is 13.2. The van der Waals surface area contributed by atoms with Crippen molar-refractivity contribution in [1.82, 2.24) is 4.90 Å². The van der Waals surface area contributed by atoms with Crippen LogP contribution < -0.4 is 4.90 Å². The number of ketones is 1. The van der Waals surface area contributed by atoms with Crippen molar-refractivity contribution in [3.05, 3.63) is 77.3 Å². The zero-order chi connectivity index (χ0) is 19.4. The predicted molar refractivity (Wildman–Crippen MR) is 105 cm³/mol. The Kier molecular flexibility index (Phi) is 3.96. The van der Waals surface area contributed by atoms with Crippen molar-refractivity contribution >= 4 is 34.9 Å². The predicted octanol–water partition coefficient (Wildman–Crippen LogP) is 2.84. The number of rotatable bonds is 3. The summed E-state index contributed by atoms with van der Waals surface area (Å²) in [5, 5.41) is 0.617. The molecule has 6 heteroatoms. The third kappa shape index (κ3) is 2.47. The Morgan fingerprint density at radius 3 is 2.39 bits per heavy atom. The number of amides is 2. The molecule has 2 amide bonds. The fourth-order valence-electron chi connectivity index (χ4n) is 4.75. The van der Waals surface area contributed by atoms with Gasteiger partial charge in [-0.3, -0.25) is 19.3 Å². The van der Waals surface area contributed by atoms with Crippen molar-refractivity contribution in [1.29, 1.82) is 0 Å². The zero-order valence-electron chi connectivity index (χ0n) is 14.9. The molecule has 0 N–H and O–H groups in total. The van der Waals surface area contributed by atoms with Gasteiger partial charge >= 0.3 is 0 Å². The highest BCUT2D eigenvalue weighted by atomic mass is 35.5. The van der Waals surface area contributed by atoms with Gasteiger partial charge in [0.2, 0.25) is 11.8 Å². The molecule has 3 aliphatic heterocycles. The third-order valence-corrected chi connectivity index (χ3v) is 6.10. The summed E-state index contributed by atoms with van der Waals surface area (Å²) in [6, 6.07) is 15.4. The number of hydrogen-bond donors (Lipinski definition) is 0. The van der Waals surface area contributed by atoms with Crippen LogP contribution in [0.2, 0.25) is 5.02 Å². The van der Waals surface area contributed by atoms with Gasteiger partial charge in [0.25, 0.3) is 0 Å². The molecular formula is C22H17ClN2O3. The smallest absolute Gasteiger partial charge is 0.239 e. The lowest BCUT2D eigenvalue weighted by molar-refractivity contribution is -0.129. The van der Waals surface area contributed by atoms with Gasteiger partial charge in [-0.15, -0.1) is 0 Å². The summed E-state index contributed by atoms with van der Waals surface area (Å²) in [7, 11) is 0. The van der Waals surface area contributed by atoms with E-state index in [0.29, 0.717) is 17.3 Å². The Bertz CT molecular complexity index is 1020. The second kappa shape index (κ2) is 6.40. The summed E-state index contributed by atoms with van der Waals surface area (Å²) in [6.07, 6.45) is 3.29. The van der Waals surface area contributed by atoms with Crippen LogP contribution in [0, 0.1) is 11.8 Å². The Morgan fingerprint density at radius 1 is 0.893 bits per heavy atom. The molecule has 0 radical (unpaired) electrons. The molecule has 0 saturated carbocycles. The number of anilines is 1. The monoisotopic (exact) mass is 392 g/mol. The number of fused-ring (bicyclic) bond motifs is 5. The molecule has 2 saturated heterocycles. The average Bonchev–Trinajstić information content (AvgIpc) is 3.06. The minimum Gasteiger partial charge on any atom is -0.293 e. The van der Waals surface area contributed by atoms with Crippen LogP contribution >= 0.6 is 11.6 Å². The number of carbonyl (C=O) groups excluding carboxylic acids is 3. The topological polar surface area (TPSA) is 57.7 Å². The molecule has 2 bridgehead atoms. The molecule has 5 rings (SSSR count). The largest absolute Gasteiger partial charge is 0.293 e. The highest BCUT2D eigenvalue weighted by Crippen LogP contribution is 2.47. The molecule has 0 unspecified atom stereocenters. The molecule has 2 aromatic rings. The van der Waals surface area contributed by atoms with E-state index < -0.39 is 17.9 Å². The average molecular weight is 393 g/mol. The lowest BCUT2D eigenvalue weighted by atomic mass is 9.90. The summed E-state index contributed by atoms with van der Waals surface area (Å²) in [6.45, 7) is 0.463. The highest BCUT2D eigenvalue weighted by molar-refractivity contribution is 6.30. The lowest BCUT2D eigenvalue weighted by Gasteiger charge is -2.33. The van der Waals surface area contributed by atoms with Crippen LogP contribution in [0.25, 0.3) is 0 Å². The molecule has 0 aromatic heterocycles. The van der Waals surface area contributed by atoms with Crippen LogP contribution in [-0.2, 0) is 20.9 Å². The number of carbonyl (C=O) groups is 3. The molecule has 2 aromatic carbocycles. The van der Waals surface area contributed by atoms with Crippen molar-refractivity contribution in [3.8, 4) is 0 Å². The Hall–Kier alpha value is -2.76. The van der Waals surface area contributed by atoms with Gasteiger partial charge in [0.05, 0.1) is 23.6 Å². The van der Waals surface area contributed by atoms with Crippen LogP contribution in [0.4, 0.5) is 5.69 Å². The van der Waals surface area contributed by atoms with Gasteiger partial charge in [0.15, 0.2) is 5.78 Å². The van der Waals surface area contributed by atoms with E-state index in [1.807, 2.05) is 29.2 Å². The SMILES string of the molecule is O=C1C=C[C@H]2[C@@H]3C(=O)N(c4ccccc4)C(=O)[C@@H]3[C@@H]1N2Cc1cccc(Cl)c1. The van der Waals surface area contributed by atoms with Gasteiger partial charge in [-0.2, -0.15) is 0 Å². The van der Waals surface area contributed by atoms with Crippen molar-refractivity contribution in [2.45, 2.75) is 18.6 Å². The summed E-state index contributed by atoms with van der Waals surface area (Å²) >= 11 is 6.09. The van der Waals surface area contributed by atoms with Crippen LogP contribution in [0.15, 0.2) is 66.7 Å². The highest BCUT2D eigenvalue weighted by Gasteiger charge is 2.64. The van der Waals surface area contributed by atoms with Gasteiger partial charge in [-0.1, -0.05) is 48.0 Å². The lowest BCUT2D eigenvalue weighted by Crippen LogP contribution is -2.48. The van der Waals surface area contributed by atoms with E-state index in [-0.39, 0.29) is 23.6 Å². The first-order valence-corrected chi connectivity index (χ1v) is 9.59.